The number of rotatable bonds is 10. The van der Waals surface area contributed by atoms with Gasteiger partial charge in [0.15, 0.2) is 5.96 Å². The van der Waals surface area contributed by atoms with Gasteiger partial charge in [-0.1, -0.05) is 61.2 Å². The van der Waals surface area contributed by atoms with Crippen LogP contribution >= 0.6 is 0 Å². The molecule has 0 aliphatic carbocycles. The van der Waals surface area contributed by atoms with Crippen molar-refractivity contribution in [1.29, 1.82) is 0 Å². The van der Waals surface area contributed by atoms with Gasteiger partial charge in [-0.3, -0.25) is 4.79 Å². The van der Waals surface area contributed by atoms with Crippen LogP contribution in [0.4, 0.5) is 0 Å². The van der Waals surface area contributed by atoms with Gasteiger partial charge in [-0.15, -0.1) is 0 Å². The maximum Gasteiger partial charge on any atom is 0.241 e. The van der Waals surface area contributed by atoms with Crippen LogP contribution in [0.3, 0.4) is 0 Å². The molecule has 0 radical (unpaired) electrons. The Morgan fingerprint density at radius 3 is 2.55 bits per heavy atom. The summed E-state index contributed by atoms with van der Waals surface area (Å²) < 4.78 is 5.70. The molecule has 154 valence electrons. The van der Waals surface area contributed by atoms with Crippen LogP contribution in [0, 0.1) is 0 Å². The zero-order valence-corrected chi connectivity index (χ0v) is 17.2. The first-order valence-electron chi connectivity index (χ1n) is 9.68. The highest BCUT2D eigenvalue weighted by molar-refractivity contribution is 5.86. The van der Waals surface area contributed by atoms with Crippen molar-refractivity contribution in [2.45, 2.75) is 13.0 Å². The average molecular weight is 395 g/mol. The second kappa shape index (κ2) is 12.2. The van der Waals surface area contributed by atoms with Crippen molar-refractivity contribution in [2.24, 2.45) is 4.99 Å². The number of hydrogen-bond donors (Lipinski definition) is 2. The molecule has 2 N–H and O–H groups in total. The van der Waals surface area contributed by atoms with Crippen LogP contribution in [0.1, 0.15) is 11.1 Å². The Hall–Kier alpha value is -3.28. The minimum atomic E-state index is -0.0164. The number of nitrogens with zero attached hydrogens (tertiary/aromatic N) is 2. The highest BCUT2D eigenvalue weighted by atomic mass is 16.5. The molecular weight excluding hydrogens is 364 g/mol. The van der Waals surface area contributed by atoms with Gasteiger partial charge in [0.25, 0.3) is 0 Å². The van der Waals surface area contributed by atoms with Crippen molar-refractivity contribution in [3.63, 3.8) is 0 Å². The largest absolute Gasteiger partial charge is 0.489 e. The third kappa shape index (κ3) is 8.09. The Bertz CT molecular complexity index is 804. The van der Waals surface area contributed by atoms with Gasteiger partial charge in [0.05, 0.1) is 13.1 Å². The summed E-state index contributed by atoms with van der Waals surface area (Å²) in [6, 6.07) is 18.0. The highest BCUT2D eigenvalue weighted by Gasteiger charge is 2.07. The Morgan fingerprint density at radius 1 is 1.10 bits per heavy atom. The molecule has 0 aromatic heterocycles. The summed E-state index contributed by atoms with van der Waals surface area (Å²) in [5.74, 6) is 1.36. The number of ether oxygens (including phenoxy) is 1. The monoisotopic (exact) mass is 394 g/mol. The Balaban J connectivity index is 2.02. The van der Waals surface area contributed by atoms with Gasteiger partial charge in [-0.2, -0.15) is 0 Å². The molecule has 1 amide bonds. The summed E-state index contributed by atoms with van der Waals surface area (Å²) >= 11 is 0. The molecule has 0 saturated heterocycles. The van der Waals surface area contributed by atoms with E-state index < -0.39 is 0 Å². The summed E-state index contributed by atoms with van der Waals surface area (Å²) in [7, 11) is 3.47. The molecule has 0 aliphatic rings. The fourth-order valence-corrected chi connectivity index (χ4v) is 2.55. The number of para-hydroxylation sites is 1. The summed E-state index contributed by atoms with van der Waals surface area (Å²) in [4.78, 5) is 18.1. The number of guanidine groups is 1. The lowest BCUT2D eigenvalue weighted by atomic mass is 10.1. The molecule has 0 unspecified atom stereocenters. The zero-order chi connectivity index (χ0) is 20.9. The number of amides is 1. The third-order valence-electron chi connectivity index (χ3n) is 4.19. The lowest BCUT2D eigenvalue weighted by molar-refractivity contribution is -0.127. The molecular formula is C23H30N4O2. The van der Waals surface area contributed by atoms with Crippen LogP contribution in [0.5, 0.6) is 5.75 Å². The Kier molecular flexibility index (Phi) is 9.29. The number of benzene rings is 2. The smallest absolute Gasteiger partial charge is 0.241 e. The van der Waals surface area contributed by atoms with Gasteiger partial charge in [-0.25, -0.2) is 4.99 Å². The number of nitrogens with one attached hydrogen (secondary N) is 2. The SMILES string of the molecule is C=CCOc1ccccc1CN=C(NCCc1ccccc1)NCC(=O)N(C)C. The van der Waals surface area contributed by atoms with Crippen molar-refractivity contribution in [1.82, 2.24) is 15.5 Å². The molecule has 2 aromatic carbocycles. The van der Waals surface area contributed by atoms with Crippen LogP contribution < -0.4 is 15.4 Å². The van der Waals surface area contributed by atoms with Gasteiger partial charge in [0.2, 0.25) is 5.91 Å². The van der Waals surface area contributed by atoms with Crippen LogP contribution in [-0.2, 0) is 17.8 Å². The quantitative estimate of drug-likeness (QED) is 0.369. The molecule has 0 spiro atoms. The van der Waals surface area contributed by atoms with E-state index >= 15 is 0 Å². The lowest BCUT2D eigenvalue weighted by Gasteiger charge is -2.15. The molecule has 0 aliphatic heterocycles. The molecule has 6 nitrogen and oxygen atoms in total. The fraction of sp³-hybridized carbons (Fsp3) is 0.304. The normalized spacial score (nSPS) is 10.9. The summed E-state index contributed by atoms with van der Waals surface area (Å²) in [5, 5.41) is 6.42. The number of carbonyl (C=O) groups excluding carboxylic acids is 1. The second-order valence-electron chi connectivity index (χ2n) is 6.68. The first-order valence-corrected chi connectivity index (χ1v) is 9.68. The van der Waals surface area contributed by atoms with E-state index in [9.17, 15) is 4.79 Å². The topological polar surface area (TPSA) is 66.0 Å². The van der Waals surface area contributed by atoms with Gasteiger partial charge in [0.1, 0.15) is 12.4 Å². The molecule has 2 rings (SSSR count). The second-order valence-corrected chi connectivity index (χ2v) is 6.68. The molecule has 29 heavy (non-hydrogen) atoms. The maximum atomic E-state index is 11.9. The summed E-state index contributed by atoms with van der Waals surface area (Å²) in [6.07, 6.45) is 2.58. The molecule has 0 saturated carbocycles. The molecule has 0 fully saturated rings. The maximum absolute atomic E-state index is 11.9. The van der Waals surface area contributed by atoms with Gasteiger partial charge < -0.3 is 20.3 Å². The number of hydrogen-bond acceptors (Lipinski definition) is 3. The minimum Gasteiger partial charge on any atom is -0.489 e. The predicted molar refractivity (Wildman–Crippen MR) is 118 cm³/mol. The van der Waals surface area contributed by atoms with E-state index in [-0.39, 0.29) is 12.5 Å². The molecule has 6 heteroatoms. The first kappa shape index (κ1) is 22.0. The predicted octanol–water partition coefficient (Wildman–Crippen LogP) is 2.62. The number of likely N-dealkylation sites (N-methyl/N-ethyl adjacent to an activating group) is 1. The third-order valence-corrected chi connectivity index (χ3v) is 4.19. The highest BCUT2D eigenvalue weighted by Crippen LogP contribution is 2.18. The van der Waals surface area contributed by atoms with Crippen LogP contribution in [-0.4, -0.2) is 50.6 Å². The standard InChI is InChI=1S/C23H30N4O2/c1-4-16-29-21-13-9-8-12-20(21)17-25-23(26-18-22(28)27(2)3)24-15-14-19-10-6-5-7-11-19/h4-13H,1,14-18H2,2-3H3,(H2,24,25,26). The van der Waals surface area contributed by atoms with E-state index in [2.05, 4.69) is 34.3 Å². The zero-order valence-electron chi connectivity index (χ0n) is 17.2. The van der Waals surface area contributed by atoms with Crippen molar-refractivity contribution in [2.75, 3.05) is 33.8 Å². The van der Waals surface area contributed by atoms with E-state index in [0.717, 1.165) is 17.7 Å². The van der Waals surface area contributed by atoms with E-state index in [1.807, 2.05) is 42.5 Å². The Morgan fingerprint density at radius 2 is 1.83 bits per heavy atom. The van der Waals surface area contributed by atoms with Crippen LogP contribution in [0.2, 0.25) is 0 Å². The average Bonchev–Trinajstić information content (AvgIpc) is 2.74. The first-order chi connectivity index (χ1) is 14.1. The van der Waals surface area contributed by atoms with Crippen molar-refractivity contribution < 1.29 is 9.53 Å². The summed E-state index contributed by atoms with van der Waals surface area (Å²) in [5.41, 5.74) is 2.21. The van der Waals surface area contributed by atoms with Crippen LogP contribution in [0.25, 0.3) is 0 Å². The van der Waals surface area contributed by atoms with E-state index in [1.54, 1.807) is 25.1 Å². The van der Waals surface area contributed by atoms with Gasteiger partial charge >= 0.3 is 0 Å². The van der Waals surface area contributed by atoms with E-state index in [1.165, 1.54) is 5.56 Å². The summed E-state index contributed by atoms with van der Waals surface area (Å²) in [6.45, 7) is 5.45. The fourth-order valence-electron chi connectivity index (χ4n) is 2.55. The molecule has 0 bridgehead atoms. The van der Waals surface area contributed by atoms with E-state index in [4.69, 9.17) is 4.74 Å². The number of carbonyl (C=O) groups is 1. The van der Waals surface area contributed by atoms with E-state index in [0.29, 0.717) is 25.7 Å². The molecule has 2 aromatic rings. The van der Waals surface area contributed by atoms with Crippen LogP contribution in [0.15, 0.2) is 72.2 Å². The lowest BCUT2D eigenvalue weighted by Crippen LogP contribution is -2.43. The van der Waals surface area contributed by atoms with Gasteiger partial charge in [-0.05, 0) is 18.1 Å². The van der Waals surface area contributed by atoms with Crippen molar-refractivity contribution in [3.05, 3.63) is 78.4 Å². The Labute approximate surface area is 173 Å². The molecule has 0 heterocycles. The van der Waals surface area contributed by atoms with Crippen molar-refractivity contribution in [3.8, 4) is 5.75 Å². The van der Waals surface area contributed by atoms with Crippen molar-refractivity contribution >= 4 is 11.9 Å². The molecule has 0 atom stereocenters. The minimum absolute atomic E-state index is 0.0164. The van der Waals surface area contributed by atoms with Gasteiger partial charge in [0, 0.05) is 26.2 Å². The number of aliphatic imine (C=N–C) groups is 1.